The second-order valence-electron chi connectivity index (χ2n) is 5.54. The zero-order chi connectivity index (χ0) is 15.7. The summed E-state index contributed by atoms with van der Waals surface area (Å²) >= 11 is 1.33. The van der Waals surface area contributed by atoms with Crippen LogP contribution in [-0.2, 0) is 4.79 Å². The lowest BCUT2D eigenvalue weighted by molar-refractivity contribution is -0.143. The van der Waals surface area contributed by atoms with Crippen molar-refractivity contribution in [3.05, 3.63) is 40.2 Å². The summed E-state index contributed by atoms with van der Waals surface area (Å²) in [4.78, 5) is 28.6. The zero-order valence-electron chi connectivity index (χ0n) is 12.1. The van der Waals surface area contributed by atoms with E-state index in [1.807, 2.05) is 37.3 Å². The molecule has 114 valence electrons. The van der Waals surface area contributed by atoms with Gasteiger partial charge in [0, 0.05) is 12.1 Å². The summed E-state index contributed by atoms with van der Waals surface area (Å²) in [5, 5.41) is 12.7. The average molecular weight is 316 g/mol. The Morgan fingerprint density at radius 1 is 1.32 bits per heavy atom. The Morgan fingerprint density at radius 3 is 2.59 bits per heavy atom. The van der Waals surface area contributed by atoms with Gasteiger partial charge < -0.3 is 10.4 Å². The minimum Gasteiger partial charge on any atom is -0.481 e. The summed E-state index contributed by atoms with van der Waals surface area (Å²) in [6, 6.07) is 9.52. The number of thiazole rings is 1. The molecule has 1 saturated carbocycles. The third kappa shape index (κ3) is 2.74. The Bertz CT molecular complexity index is 720. The fourth-order valence-corrected chi connectivity index (χ4v) is 3.18. The van der Waals surface area contributed by atoms with Crippen LogP contribution < -0.4 is 5.32 Å². The lowest BCUT2D eigenvalue weighted by Crippen LogP contribution is -2.34. The van der Waals surface area contributed by atoms with Crippen molar-refractivity contribution in [3.63, 3.8) is 0 Å². The first-order valence-electron chi connectivity index (χ1n) is 7.06. The molecule has 6 heteroatoms. The van der Waals surface area contributed by atoms with Gasteiger partial charge in [0.05, 0.1) is 16.1 Å². The monoisotopic (exact) mass is 316 g/mol. The third-order valence-electron chi connectivity index (χ3n) is 3.88. The molecular weight excluding hydrogens is 300 g/mol. The topological polar surface area (TPSA) is 79.3 Å². The normalized spacial score (nSPS) is 15.3. The Morgan fingerprint density at radius 2 is 2.00 bits per heavy atom. The van der Waals surface area contributed by atoms with E-state index in [0.29, 0.717) is 23.4 Å². The van der Waals surface area contributed by atoms with Crippen molar-refractivity contribution in [3.8, 4) is 11.3 Å². The van der Waals surface area contributed by atoms with Crippen LogP contribution in [0.2, 0.25) is 0 Å². The van der Waals surface area contributed by atoms with Gasteiger partial charge in [-0.1, -0.05) is 30.3 Å². The van der Waals surface area contributed by atoms with E-state index in [2.05, 4.69) is 10.3 Å². The Labute approximate surface area is 132 Å². The van der Waals surface area contributed by atoms with Crippen LogP contribution in [0.4, 0.5) is 0 Å². The maximum absolute atomic E-state index is 12.4. The minimum absolute atomic E-state index is 0.173. The number of nitrogens with one attached hydrogen (secondary N) is 1. The molecule has 1 aromatic heterocycles. The number of carbonyl (C=O) groups excluding carboxylic acids is 1. The number of carboxylic acids is 1. The van der Waals surface area contributed by atoms with Gasteiger partial charge in [0.15, 0.2) is 0 Å². The maximum atomic E-state index is 12.4. The van der Waals surface area contributed by atoms with E-state index in [0.717, 1.165) is 10.6 Å². The number of nitrogens with zero attached hydrogens (tertiary/aromatic N) is 1. The molecule has 1 heterocycles. The molecule has 5 nitrogen and oxygen atoms in total. The van der Waals surface area contributed by atoms with Crippen LogP contribution in [0.15, 0.2) is 30.3 Å². The fourth-order valence-electron chi connectivity index (χ4n) is 2.32. The van der Waals surface area contributed by atoms with Crippen LogP contribution >= 0.6 is 11.3 Å². The molecule has 1 amide bonds. The Balaban J connectivity index is 1.80. The van der Waals surface area contributed by atoms with Gasteiger partial charge in [0.25, 0.3) is 5.91 Å². The van der Waals surface area contributed by atoms with Gasteiger partial charge in [-0.3, -0.25) is 9.59 Å². The minimum atomic E-state index is -0.837. The molecule has 2 N–H and O–H groups in total. The number of carbonyl (C=O) groups is 2. The van der Waals surface area contributed by atoms with Gasteiger partial charge in [-0.05, 0) is 19.8 Å². The number of carboxylic acid groups (broad SMARTS) is 1. The van der Waals surface area contributed by atoms with E-state index in [1.54, 1.807) is 0 Å². The third-order valence-corrected chi connectivity index (χ3v) is 4.85. The fraction of sp³-hybridized carbons (Fsp3) is 0.312. The molecule has 1 aromatic carbocycles. The van der Waals surface area contributed by atoms with Crippen molar-refractivity contribution in [2.75, 3.05) is 6.54 Å². The Kier molecular flexibility index (Phi) is 3.70. The molecule has 0 atom stereocenters. The molecular formula is C16H16N2O3S. The highest BCUT2D eigenvalue weighted by molar-refractivity contribution is 7.14. The number of benzene rings is 1. The quantitative estimate of drug-likeness (QED) is 0.889. The highest BCUT2D eigenvalue weighted by Crippen LogP contribution is 2.45. The van der Waals surface area contributed by atoms with E-state index in [9.17, 15) is 9.59 Å². The number of aryl methyl sites for hydroxylation is 1. The lowest BCUT2D eigenvalue weighted by atomic mass is 10.1. The molecule has 1 aliphatic carbocycles. The van der Waals surface area contributed by atoms with Gasteiger partial charge >= 0.3 is 5.97 Å². The van der Waals surface area contributed by atoms with Gasteiger partial charge in [0.1, 0.15) is 4.88 Å². The second-order valence-corrected chi connectivity index (χ2v) is 6.75. The van der Waals surface area contributed by atoms with Crippen LogP contribution in [0, 0.1) is 12.3 Å². The summed E-state index contributed by atoms with van der Waals surface area (Å²) in [7, 11) is 0. The highest BCUT2D eigenvalue weighted by Gasteiger charge is 2.50. The van der Waals surface area contributed by atoms with Gasteiger partial charge in [-0.15, -0.1) is 11.3 Å². The van der Waals surface area contributed by atoms with E-state index in [1.165, 1.54) is 11.3 Å². The number of hydrogen-bond donors (Lipinski definition) is 2. The molecule has 0 unspecified atom stereocenters. The molecule has 0 saturated heterocycles. The largest absolute Gasteiger partial charge is 0.481 e. The van der Waals surface area contributed by atoms with Crippen LogP contribution in [0.5, 0.6) is 0 Å². The highest BCUT2D eigenvalue weighted by atomic mass is 32.1. The number of aliphatic carboxylic acids is 1. The van der Waals surface area contributed by atoms with Crippen molar-refractivity contribution in [2.24, 2.45) is 5.41 Å². The molecule has 2 aromatic rings. The number of amides is 1. The standard InChI is InChI=1S/C16H16N2O3S/c1-10-18-12(11-5-3-2-4-6-11)13(22-10)14(19)17-9-16(7-8-16)15(20)21/h2-6H,7-9H2,1H3,(H,17,19)(H,20,21). The first-order chi connectivity index (χ1) is 10.5. The van der Waals surface area contributed by atoms with Crippen molar-refractivity contribution in [2.45, 2.75) is 19.8 Å². The predicted molar refractivity (Wildman–Crippen MR) is 83.9 cm³/mol. The lowest BCUT2D eigenvalue weighted by Gasteiger charge is -2.11. The Hall–Kier alpha value is -2.21. The first kappa shape index (κ1) is 14.7. The summed E-state index contributed by atoms with van der Waals surface area (Å²) in [5.41, 5.74) is 0.777. The molecule has 1 aliphatic rings. The number of aromatic nitrogens is 1. The van der Waals surface area contributed by atoms with Gasteiger partial charge in [-0.2, -0.15) is 0 Å². The SMILES string of the molecule is Cc1nc(-c2ccccc2)c(C(=O)NCC2(C(=O)O)CC2)s1. The van der Waals surface area contributed by atoms with Crippen LogP contribution in [0.25, 0.3) is 11.3 Å². The summed E-state index contributed by atoms with van der Waals surface area (Å²) in [6.45, 7) is 2.03. The van der Waals surface area contributed by atoms with Crippen molar-refractivity contribution in [1.29, 1.82) is 0 Å². The molecule has 22 heavy (non-hydrogen) atoms. The molecule has 0 radical (unpaired) electrons. The second kappa shape index (κ2) is 5.53. The van der Waals surface area contributed by atoms with E-state index in [4.69, 9.17) is 5.11 Å². The average Bonchev–Trinajstić information content (AvgIpc) is 3.22. The van der Waals surface area contributed by atoms with E-state index >= 15 is 0 Å². The van der Waals surface area contributed by atoms with Crippen molar-refractivity contribution in [1.82, 2.24) is 10.3 Å². The molecule has 1 fully saturated rings. The number of rotatable bonds is 5. The maximum Gasteiger partial charge on any atom is 0.311 e. The summed E-state index contributed by atoms with van der Waals surface area (Å²) in [5.74, 6) is -1.09. The first-order valence-corrected chi connectivity index (χ1v) is 7.88. The van der Waals surface area contributed by atoms with Gasteiger partial charge in [-0.25, -0.2) is 4.98 Å². The molecule has 0 aliphatic heterocycles. The van der Waals surface area contributed by atoms with Crippen molar-refractivity contribution < 1.29 is 14.7 Å². The van der Waals surface area contributed by atoms with Crippen LogP contribution in [0.3, 0.4) is 0 Å². The summed E-state index contributed by atoms with van der Waals surface area (Å²) < 4.78 is 0. The van der Waals surface area contributed by atoms with Crippen molar-refractivity contribution >= 4 is 23.2 Å². The zero-order valence-corrected chi connectivity index (χ0v) is 12.9. The number of hydrogen-bond acceptors (Lipinski definition) is 4. The predicted octanol–water partition coefficient (Wildman–Crippen LogP) is 2.71. The van der Waals surface area contributed by atoms with Crippen LogP contribution in [0.1, 0.15) is 27.5 Å². The molecule has 0 bridgehead atoms. The molecule has 3 rings (SSSR count). The van der Waals surface area contributed by atoms with E-state index < -0.39 is 11.4 Å². The smallest absolute Gasteiger partial charge is 0.311 e. The molecule has 0 spiro atoms. The summed E-state index contributed by atoms with van der Waals surface area (Å²) in [6.07, 6.45) is 1.24. The van der Waals surface area contributed by atoms with E-state index in [-0.39, 0.29) is 12.5 Å². The van der Waals surface area contributed by atoms with Crippen LogP contribution in [-0.4, -0.2) is 28.5 Å². The van der Waals surface area contributed by atoms with Gasteiger partial charge in [0.2, 0.25) is 0 Å².